The Kier molecular flexibility index (Phi) is 4.93. The summed E-state index contributed by atoms with van der Waals surface area (Å²) in [7, 11) is 3.15. The fourth-order valence-corrected chi connectivity index (χ4v) is 8.64. The number of fused-ring (bicyclic) bond motifs is 2. The van der Waals surface area contributed by atoms with Crippen molar-refractivity contribution in [3.8, 4) is 11.5 Å². The second-order valence-electron chi connectivity index (χ2n) is 9.20. The quantitative estimate of drug-likeness (QED) is 0.411. The number of Topliss-reactive ketones (excluding diaryl/α,β-unsaturated/α-hetero) is 1. The average Bonchev–Trinajstić information content (AvgIpc) is 3.54. The Morgan fingerprint density at radius 2 is 1.80 bits per heavy atom. The summed E-state index contributed by atoms with van der Waals surface area (Å²) in [5.74, 6) is -0.987. The van der Waals surface area contributed by atoms with Gasteiger partial charge in [-0.1, -0.05) is 0 Å². The molecule has 8 heteroatoms. The zero-order chi connectivity index (χ0) is 24.5. The van der Waals surface area contributed by atoms with Crippen molar-refractivity contribution in [3.63, 3.8) is 0 Å². The van der Waals surface area contributed by atoms with Gasteiger partial charge in [0.05, 0.1) is 0 Å². The Hall–Kier alpha value is -3.09. The molecule has 35 heavy (non-hydrogen) atoms. The number of nitrogens with zero attached hydrogens (tertiary/aromatic N) is 1. The van der Waals surface area contributed by atoms with Gasteiger partial charge in [-0.25, -0.2) is 0 Å². The summed E-state index contributed by atoms with van der Waals surface area (Å²) in [6.07, 6.45) is 2.55. The van der Waals surface area contributed by atoms with Crippen LogP contribution in [0, 0.1) is 17.3 Å². The Morgan fingerprint density at radius 3 is 2.49 bits per heavy atom. The van der Waals surface area contributed by atoms with Gasteiger partial charge >= 0.3 is 210 Å². The Labute approximate surface area is 209 Å². The third-order valence-electron chi connectivity index (χ3n) is 7.87. The molecule has 1 amide bonds. The molecular formula is C27H25NO6Se. The van der Waals surface area contributed by atoms with Gasteiger partial charge in [-0.2, -0.15) is 0 Å². The van der Waals surface area contributed by atoms with Crippen LogP contribution in [-0.2, 0) is 31.1 Å². The molecule has 2 aromatic rings. The van der Waals surface area contributed by atoms with E-state index >= 15 is 0 Å². The number of hydrogen-bond donors (Lipinski definition) is 0. The van der Waals surface area contributed by atoms with E-state index in [1.165, 1.54) is 0 Å². The minimum atomic E-state index is -1.25. The maximum atomic E-state index is 13.8. The van der Waals surface area contributed by atoms with Crippen LogP contribution >= 0.6 is 0 Å². The maximum absolute atomic E-state index is 13.8. The number of methoxy groups -OCH3 is 2. The van der Waals surface area contributed by atoms with Gasteiger partial charge in [-0.3, -0.25) is 0 Å². The Morgan fingerprint density at radius 1 is 1.09 bits per heavy atom. The standard InChI is InChI=1S/C27H25NO6Se/c1-4-34-25(31)27-21-22(27)24(30)28-11-10-15-12-18(32-2)19(33-3)13-17(15)26(27,28)14-20(23(21)29)35-16-8-6-5-7-9-16/h5-9,12-14,21-22H,4,10-11H2,1-3H3/t21-,22?,26-,27+/m1/s1. The first kappa shape index (κ1) is 22.4. The number of ketones is 1. The van der Waals surface area contributed by atoms with Crippen molar-refractivity contribution in [2.24, 2.45) is 17.3 Å². The van der Waals surface area contributed by atoms with E-state index in [9.17, 15) is 14.4 Å². The summed E-state index contributed by atoms with van der Waals surface area (Å²) in [6, 6.07) is 13.7. The van der Waals surface area contributed by atoms with Gasteiger partial charge in [-0.05, 0) is 0 Å². The molecule has 2 heterocycles. The van der Waals surface area contributed by atoms with E-state index in [4.69, 9.17) is 14.2 Å². The number of hydrogen-bond acceptors (Lipinski definition) is 6. The molecule has 0 bridgehead atoms. The number of carbonyl (C=O) groups is 3. The SMILES string of the molecule is CCOC(=O)[C@]12C3C(=O)N4CCc5cc(OC)c(OC)cc5[C@@]41C=C([Se]c1ccccc1)C(=O)[C@@H]32. The molecule has 180 valence electrons. The van der Waals surface area contributed by atoms with Gasteiger partial charge in [0.1, 0.15) is 0 Å². The van der Waals surface area contributed by atoms with Crippen molar-refractivity contribution >= 4 is 37.1 Å². The summed E-state index contributed by atoms with van der Waals surface area (Å²) in [6.45, 7) is 2.39. The molecular weight excluding hydrogens is 513 g/mol. The fraction of sp³-hybridized carbons (Fsp3) is 0.370. The Balaban J connectivity index is 1.63. The van der Waals surface area contributed by atoms with Crippen molar-refractivity contribution in [1.29, 1.82) is 0 Å². The van der Waals surface area contributed by atoms with Gasteiger partial charge in [0, 0.05) is 0 Å². The molecule has 1 unspecified atom stereocenters. The van der Waals surface area contributed by atoms with Gasteiger partial charge < -0.3 is 0 Å². The zero-order valence-electron chi connectivity index (χ0n) is 19.7. The molecule has 1 saturated carbocycles. The molecule has 0 aromatic heterocycles. The number of esters is 1. The molecule has 7 nitrogen and oxygen atoms in total. The normalized spacial score (nSPS) is 29.6. The van der Waals surface area contributed by atoms with Crippen LogP contribution in [-0.4, -0.2) is 64.9 Å². The molecule has 2 aliphatic carbocycles. The molecule has 4 aliphatic rings. The number of ether oxygens (including phenoxy) is 3. The number of rotatable bonds is 6. The van der Waals surface area contributed by atoms with Crippen LogP contribution in [0.2, 0.25) is 0 Å². The van der Waals surface area contributed by atoms with E-state index in [2.05, 4.69) is 0 Å². The van der Waals surface area contributed by atoms with Crippen LogP contribution in [0.1, 0.15) is 18.1 Å². The average molecular weight is 538 g/mol. The zero-order valence-corrected chi connectivity index (χ0v) is 21.4. The topological polar surface area (TPSA) is 82.1 Å². The molecule has 4 atom stereocenters. The predicted octanol–water partition coefficient (Wildman–Crippen LogP) is 1.59. The van der Waals surface area contributed by atoms with Crippen molar-refractivity contribution in [2.75, 3.05) is 27.4 Å². The van der Waals surface area contributed by atoms with Crippen LogP contribution < -0.4 is 13.9 Å². The Bertz CT molecular complexity index is 1310. The molecule has 0 N–H and O–H groups in total. The first-order chi connectivity index (χ1) is 16.9. The van der Waals surface area contributed by atoms with E-state index in [0.717, 1.165) is 15.6 Å². The first-order valence-electron chi connectivity index (χ1n) is 11.7. The summed E-state index contributed by atoms with van der Waals surface area (Å²) in [5, 5.41) is 0. The van der Waals surface area contributed by atoms with Crippen LogP contribution in [0.15, 0.2) is 53.0 Å². The predicted molar refractivity (Wildman–Crippen MR) is 128 cm³/mol. The first-order valence-corrected chi connectivity index (χ1v) is 13.4. The van der Waals surface area contributed by atoms with E-state index in [-0.39, 0.29) is 33.3 Å². The second-order valence-corrected chi connectivity index (χ2v) is 11.5. The van der Waals surface area contributed by atoms with Crippen molar-refractivity contribution < 1.29 is 28.6 Å². The number of amides is 1. The van der Waals surface area contributed by atoms with Crippen LogP contribution in [0.5, 0.6) is 11.5 Å². The number of benzene rings is 2. The molecule has 2 aliphatic heterocycles. The molecule has 2 aromatic carbocycles. The third kappa shape index (κ3) is 2.64. The number of carbonyl (C=O) groups excluding carboxylic acids is 3. The molecule has 6 rings (SSSR count). The van der Waals surface area contributed by atoms with Crippen molar-refractivity contribution in [1.82, 2.24) is 4.90 Å². The summed E-state index contributed by atoms with van der Waals surface area (Å²) < 4.78 is 18.5. The van der Waals surface area contributed by atoms with Crippen molar-refractivity contribution in [3.05, 3.63) is 64.1 Å². The van der Waals surface area contributed by atoms with Crippen LogP contribution in [0.3, 0.4) is 0 Å². The third-order valence-corrected chi connectivity index (χ3v) is 10.1. The summed E-state index contributed by atoms with van der Waals surface area (Å²) in [4.78, 5) is 42.9. The van der Waals surface area contributed by atoms with Crippen LogP contribution in [0.25, 0.3) is 0 Å². The van der Waals surface area contributed by atoms with E-state index in [0.29, 0.717) is 28.9 Å². The van der Waals surface area contributed by atoms with Gasteiger partial charge in [0.15, 0.2) is 0 Å². The van der Waals surface area contributed by atoms with E-state index in [1.54, 1.807) is 21.1 Å². The summed E-state index contributed by atoms with van der Waals surface area (Å²) >= 11 is -0.264. The van der Waals surface area contributed by atoms with Gasteiger partial charge in [0.2, 0.25) is 0 Å². The molecule has 1 saturated heterocycles. The van der Waals surface area contributed by atoms with E-state index in [1.807, 2.05) is 53.4 Å². The van der Waals surface area contributed by atoms with Crippen molar-refractivity contribution in [2.45, 2.75) is 18.9 Å². The van der Waals surface area contributed by atoms with E-state index < -0.39 is 28.8 Å². The van der Waals surface area contributed by atoms with Crippen LogP contribution in [0.4, 0.5) is 0 Å². The molecule has 0 radical (unpaired) electrons. The monoisotopic (exact) mass is 539 g/mol. The molecule has 1 spiro atoms. The summed E-state index contributed by atoms with van der Waals surface area (Å²) in [5.41, 5.74) is -0.527. The minimum absolute atomic E-state index is 0.0990. The van der Waals surface area contributed by atoms with Gasteiger partial charge in [-0.15, -0.1) is 0 Å². The fourth-order valence-electron chi connectivity index (χ4n) is 6.54. The van der Waals surface area contributed by atoms with Gasteiger partial charge in [0.25, 0.3) is 0 Å². The molecule has 2 fully saturated rings. The number of allylic oxidation sites excluding steroid dienone is 1. The second kappa shape index (κ2) is 7.70. The number of piperidine rings is 1.